The highest BCUT2D eigenvalue weighted by atomic mass is 19.3. The first-order valence-electron chi connectivity index (χ1n) is 3.85. The van der Waals surface area contributed by atoms with E-state index in [0.717, 1.165) is 0 Å². The molecule has 0 aliphatic heterocycles. The van der Waals surface area contributed by atoms with Gasteiger partial charge in [0.05, 0.1) is 12.1 Å². The van der Waals surface area contributed by atoms with Crippen LogP contribution in [0.2, 0.25) is 0 Å². The number of alkyl halides is 2. The molecule has 1 rings (SSSR count). The molecule has 0 unspecified atom stereocenters. The molecule has 1 fully saturated rings. The summed E-state index contributed by atoms with van der Waals surface area (Å²) < 4.78 is 25.6. The number of nitrogens with two attached hydrogens (primary N) is 1. The van der Waals surface area contributed by atoms with Crippen LogP contribution in [0.3, 0.4) is 0 Å². The van der Waals surface area contributed by atoms with Gasteiger partial charge in [-0.25, -0.2) is 8.78 Å². The molecule has 1 aliphatic carbocycles. The van der Waals surface area contributed by atoms with Crippen LogP contribution in [0.5, 0.6) is 0 Å². The van der Waals surface area contributed by atoms with E-state index in [1.165, 1.54) is 0 Å². The molecule has 4 heteroatoms. The van der Waals surface area contributed by atoms with Gasteiger partial charge >= 0.3 is 0 Å². The Balaban J connectivity index is 2.65. The van der Waals surface area contributed by atoms with E-state index >= 15 is 0 Å². The smallest absolute Gasteiger partial charge is 0.265 e. The molecule has 0 bridgehead atoms. The minimum absolute atomic E-state index is 0.189. The van der Waals surface area contributed by atoms with Gasteiger partial charge in [0.15, 0.2) is 0 Å². The lowest BCUT2D eigenvalue weighted by Gasteiger charge is -2.23. The molecule has 2 atom stereocenters. The maximum absolute atomic E-state index is 12.8. The monoisotopic (exact) mass is 165 g/mol. The molecule has 2 nitrogen and oxygen atoms in total. The molecule has 0 spiro atoms. The second-order valence-electron chi connectivity index (χ2n) is 3.10. The third kappa shape index (κ3) is 1.87. The van der Waals surface area contributed by atoms with Crippen LogP contribution < -0.4 is 5.73 Å². The largest absolute Gasteiger partial charge is 0.391 e. The number of rotatable bonds is 0. The molecule has 0 heterocycles. The van der Waals surface area contributed by atoms with Gasteiger partial charge in [0.1, 0.15) is 0 Å². The van der Waals surface area contributed by atoms with Crippen molar-refractivity contribution in [3.05, 3.63) is 0 Å². The average molecular weight is 165 g/mol. The van der Waals surface area contributed by atoms with Crippen LogP contribution in [-0.2, 0) is 0 Å². The molecule has 0 saturated heterocycles. The maximum atomic E-state index is 12.8. The summed E-state index contributed by atoms with van der Waals surface area (Å²) in [5.41, 5.74) is 5.16. The van der Waals surface area contributed by atoms with Gasteiger partial charge in [-0.05, 0) is 12.8 Å². The van der Waals surface area contributed by atoms with Crippen LogP contribution in [0, 0.1) is 0 Å². The van der Waals surface area contributed by atoms with Crippen LogP contribution in [0.25, 0.3) is 0 Å². The summed E-state index contributed by atoms with van der Waals surface area (Å²) in [6.07, 6.45) is 0.275. The zero-order valence-corrected chi connectivity index (χ0v) is 6.26. The summed E-state index contributed by atoms with van der Waals surface area (Å²) in [7, 11) is 0. The molecule has 11 heavy (non-hydrogen) atoms. The molecule has 1 saturated carbocycles. The second-order valence-corrected chi connectivity index (χ2v) is 3.10. The van der Waals surface area contributed by atoms with Crippen molar-refractivity contribution < 1.29 is 13.9 Å². The minimum atomic E-state index is -2.88. The van der Waals surface area contributed by atoms with Crippen molar-refractivity contribution in [1.82, 2.24) is 0 Å². The van der Waals surface area contributed by atoms with Crippen molar-refractivity contribution in [3.63, 3.8) is 0 Å². The van der Waals surface area contributed by atoms with Gasteiger partial charge in [0.25, 0.3) is 5.92 Å². The number of halogens is 2. The second kappa shape index (κ2) is 3.03. The third-order valence-electron chi connectivity index (χ3n) is 2.16. The molecular weight excluding hydrogens is 152 g/mol. The van der Waals surface area contributed by atoms with Crippen LogP contribution in [0.4, 0.5) is 8.78 Å². The van der Waals surface area contributed by atoms with Gasteiger partial charge in [-0.3, -0.25) is 0 Å². The van der Waals surface area contributed by atoms with Crippen molar-refractivity contribution in [2.45, 2.75) is 43.8 Å². The van der Waals surface area contributed by atoms with Crippen molar-refractivity contribution >= 4 is 0 Å². The fourth-order valence-electron chi connectivity index (χ4n) is 1.34. The molecule has 0 aromatic heterocycles. The predicted molar refractivity (Wildman–Crippen MR) is 37.4 cm³/mol. The third-order valence-corrected chi connectivity index (χ3v) is 2.16. The average Bonchev–Trinajstić information content (AvgIpc) is 2.03. The Hall–Kier alpha value is -0.220. The molecule has 0 aromatic rings. The first kappa shape index (κ1) is 8.87. The SMILES string of the molecule is N[C@H]1[C@@H](O)CCCCC1(F)F. The first-order chi connectivity index (χ1) is 5.04. The first-order valence-corrected chi connectivity index (χ1v) is 3.85. The summed E-state index contributed by atoms with van der Waals surface area (Å²) in [5, 5.41) is 9.09. The summed E-state index contributed by atoms with van der Waals surface area (Å²) >= 11 is 0. The zero-order valence-electron chi connectivity index (χ0n) is 6.26. The van der Waals surface area contributed by atoms with E-state index in [9.17, 15) is 8.78 Å². The van der Waals surface area contributed by atoms with E-state index in [2.05, 4.69) is 0 Å². The Morgan fingerprint density at radius 1 is 1.36 bits per heavy atom. The summed E-state index contributed by atoms with van der Waals surface area (Å²) in [4.78, 5) is 0. The Kier molecular flexibility index (Phi) is 2.44. The molecular formula is C7H13F2NO. The number of hydrogen-bond donors (Lipinski definition) is 2. The summed E-state index contributed by atoms with van der Waals surface area (Å²) in [6, 6.07) is -1.37. The lowest BCUT2D eigenvalue weighted by molar-refractivity contribution is -0.0630. The van der Waals surface area contributed by atoms with Gasteiger partial charge in [0, 0.05) is 6.42 Å². The molecule has 1 aliphatic rings. The highest BCUT2D eigenvalue weighted by Gasteiger charge is 2.42. The van der Waals surface area contributed by atoms with E-state index in [4.69, 9.17) is 10.8 Å². The van der Waals surface area contributed by atoms with E-state index in [1.807, 2.05) is 0 Å². The standard InChI is InChI=1S/C7H13F2NO/c8-7(9)4-2-1-3-5(11)6(7)10/h5-6,11H,1-4,10H2/t5-,6-/m0/s1. The van der Waals surface area contributed by atoms with Crippen molar-refractivity contribution in [2.75, 3.05) is 0 Å². The fourth-order valence-corrected chi connectivity index (χ4v) is 1.34. The molecule has 0 amide bonds. The van der Waals surface area contributed by atoms with E-state index in [-0.39, 0.29) is 6.42 Å². The van der Waals surface area contributed by atoms with Crippen LogP contribution >= 0.6 is 0 Å². The van der Waals surface area contributed by atoms with Gasteiger partial charge in [-0.15, -0.1) is 0 Å². The summed E-state index contributed by atoms with van der Waals surface area (Å²) in [6.45, 7) is 0. The Labute approximate surface area is 64.4 Å². The lowest BCUT2D eigenvalue weighted by Crippen LogP contribution is -2.48. The van der Waals surface area contributed by atoms with Crippen LogP contribution in [0.1, 0.15) is 25.7 Å². The van der Waals surface area contributed by atoms with E-state index in [1.54, 1.807) is 0 Å². The van der Waals surface area contributed by atoms with Crippen LogP contribution in [0.15, 0.2) is 0 Å². The Morgan fingerprint density at radius 3 is 2.64 bits per heavy atom. The quantitative estimate of drug-likeness (QED) is 0.523. The molecule has 0 radical (unpaired) electrons. The number of aliphatic hydroxyl groups excluding tert-OH is 1. The Bertz CT molecular complexity index is 140. The van der Waals surface area contributed by atoms with Crippen molar-refractivity contribution in [3.8, 4) is 0 Å². The predicted octanol–water partition coefficient (Wildman–Crippen LogP) is 0.884. The van der Waals surface area contributed by atoms with Gasteiger partial charge < -0.3 is 10.8 Å². The molecule has 66 valence electrons. The van der Waals surface area contributed by atoms with E-state index in [0.29, 0.717) is 19.3 Å². The number of hydrogen-bond acceptors (Lipinski definition) is 2. The normalized spacial score (nSPS) is 38.2. The minimum Gasteiger partial charge on any atom is -0.391 e. The molecule has 0 aromatic carbocycles. The highest BCUT2D eigenvalue weighted by molar-refractivity contribution is 4.88. The highest BCUT2D eigenvalue weighted by Crippen LogP contribution is 2.30. The fraction of sp³-hybridized carbons (Fsp3) is 1.00. The topological polar surface area (TPSA) is 46.2 Å². The van der Waals surface area contributed by atoms with E-state index < -0.39 is 18.1 Å². The van der Waals surface area contributed by atoms with Crippen molar-refractivity contribution in [2.24, 2.45) is 5.73 Å². The summed E-state index contributed by atoms with van der Waals surface area (Å²) in [5.74, 6) is -2.88. The lowest BCUT2D eigenvalue weighted by atomic mass is 10.0. The molecule has 3 N–H and O–H groups in total. The number of aliphatic hydroxyl groups is 1. The maximum Gasteiger partial charge on any atom is 0.265 e. The van der Waals surface area contributed by atoms with Crippen molar-refractivity contribution in [1.29, 1.82) is 0 Å². The zero-order chi connectivity index (χ0) is 8.48. The van der Waals surface area contributed by atoms with Gasteiger partial charge in [0.2, 0.25) is 0 Å². The van der Waals surface area contributed by atoms with Gasteiger partial charge in [-0.1, -0.05) is 6.42 Å². The Morgan fingerprint density at radius 2 is 2.00 bits per heavy atom. The van der Waals surface area contributed by atoms with Gasteiger partial charge in [-0.2, -0.15) is 0 Å². The van der Waals surface area contributed by atoms with Crippen LogP contribution in [-0.4, -0.2) is 23.2 Å².